The van der Waals surface area contributed by atoms with Gasteiger partial charge in [-0.15, -0.1) is 0 Å². The van der Waals surface area contributed by atoms with Crippen LogP contribution in [0.25, 0.3) is 11.1 Å². The first kappa shape index (κ1) is 21.5. The molecule has 0 spiro atoms. The molecule has 0 saturated carbocycles. The lowest BCUT2D eigenvalue weighted by molar-refractivity contribution is 0.414. The number of benzene rings is 2. The summed E-state index contributed by atoms with van der Waals surface area (Å²) in [5.41, 5.74) is 1.78. The van der Waals surface area contributed by atoms with Crippen LogP contribution in [0.5, 0.6) is 11.5 Å². The Morgan fingerprint density at radius 2 is 0.900 bits per heavy atom. The number of hydrogen-bond donors (Lipinski definition) is 0. The molecule has 30 heavy (non-hydrogen) atoms. The van der Waals surface area contributed by atoms with Crippen LogP contribution in [0.4, 0.5) is 0 Å². The summed E-state index contributed by atoms with van der Waals surface area (Å²) in [5.74, 6) is 1.26. The highest BCUT2D eigenvalue weighted by Gasteiger charge is 2.10. The van der Waals surface area contributed by atoms with E-state index < -0.39 is 0 Å². The van der Waals surface area contributed by atoms with E-state index in [1.807, 2.05) is 24.3 Å². The standard InChI is InChI=1S/C24H16N4O2/c1-29-21-7-3-17(4-8-21)23(19(13-25)14-26)11-12-24(20(15-27)16-28)18-5-9-22(30-2)10-6-18/h3-12H,1-2H3/b12-11+. The van der Waals surface area contributed by atoms with Crippen LogP contribution in [0.15, 0.2) is 71.8 Å². The molecule has 2 aromatic rings. The summed E-state index contributed by atoms with van der Waals surface area (Å²) in [6.07, 6.45) is 3.11. The molecule has 0 aliphatic rings. The van der Waals surface area contributed by atoms with E-state index in [2.05, 4.69) is 0 Å². The predicted octanol–water partition coefficient (Wildman–Crippen LogP) is 4.56. The number of allylic oxidation sites excluding steroid dienone is 6. The van der Waals surface area contributed by atoms with Gasteiger partial charge < -0.3 is 9.47 Å². The van der Waals surface area contributed by atoms with Crippen molar-refractivity contribution in [2.75, 3.05) is 14.2 Å². The summed E-state index contributed by atoms with van der Waals surface area (Å²) >= 11 is 0. The van der Waals surface area contributed by atoms with Crippen LogP contribution in [-0.4, -0.2) is 14.2 Å². The molecule has 0 aromatic heterocycles. The Hall–Kier alpha value is -4.78. The van der Waals surface area contributed by atoms with E-state index in [-0.39, 0.29) is 11.1 Å². The molecule has 6 heteroatoms. The van der Waals surface area contributed by atoms with Gasteiger partial charge in [-0.1, -0.05) is 36.4 Å². The van der Waals surface area contributed by atoms with Gasteiger partial charge in [0.05, 0.1) is 14.2 Å². The van der Waals surface area contributed by atoms with E-state index in [0.29, 0.717) is 33.8 Å². The fourth-order valence-electron chi connectivity index (χ4n) is 2.65. The van der Waals surface area contributed by atoms with E-state index >= 15 is 0 Å². The van der Waals surface area contributed by atoms with Crippen molar-refractivity contribution in [2.45, 2.75) is 0 Å². The normalized spacial score (nSPS) is 9.40. The second-order valence-corrected chi connectivity index (χ2v) is 5.81. The quantitative estimate of drug-likeness (QED) is 0.526. The van der Waals surface area contributed by atoms with E-state index in [0.717, 1.165) is 0 Å². The van der Waals surface area contributed by atoms with Crippen molar-refractivity contribution < 1.29 is 9.47 Å². The van der Waals surface area contributed by atoms with Crippen LogP contribution in [0.3, 0.4) is 0 Å². The Morgan fingerprint density at radius 1 is 0.600 bits per heavy atom. The Bertz CT molecular complexity index is 1050. The van der Waals surface area contributed by atoms with Gasteiger partial charge in [0.1, 0.15) is 46.9 Å². The van der Waals surface area contributed by atoms with Crippen molar-refractivity contribution in [1.82, 2.24) is 0 Å². The molecule has 0 N–H and O–H groups in total. The highest BCUT2D eigenvalue weighted by molar-refractivity contribution is 5.88. The van der Waals surface area contributed by atoms with Gasteiger partial charge in [-0.25, -0.2) is 0 Å². The monoisotopic (exact) mass is 392 g/mol. The van der Waals surface area contributed by atoms with Gasteiger partial charge in [0.25, 0.3) is 0 Å². The van der Waals surface area contributed by atoms with E-state index in [9.17, 15) is 21.0 Å². The summed E-state index contributed by atoms with van der Waals surface area (Å²) in [6, 6.07) is 21.3. The first-order valence-corrected chi connectivity index (χ1v) is 8.67. The summed E-state index contributed by atoms with van der Waals surface area (Å²) in [4.78, 5) is 0. The molecule has 0 saturated heterocycles. The lowest BCUT2D eigenvalue weighted by atomic mass is 9.96. The predicted molar refractivity (Wildman–Crippen MR) is 111 cm³/mol. The molecular weight excluding hydrogens is 376 g/mol. The number of ether oxygens (including phenoxy) is 2. The molecule has 0 bridgehead atoms. The SMILES string of the molecule is COc1ccc(C(/C=C/C(=C(C#N)C#N)c2ccc(OC)cc2)=C(C#N)C#N)cc1. The molecule has 2 aromatic carbocycles. The lowest BCUT2D eigenvalue weighted by Gasteiger charge is -2.07. The Balaban J connectivity index is 2.63. The Kier molecular flexibility index (Phi) is 7.55. The second-order valence-electron chi connectivity index (χ2n) is 5.81. The van der Waals surface area contributed by atoms with Crippen molar-refractivity contribution >= 4 is 11.1 Å². The van der Waals surface area contributed by atoms with Crippen LogP contribution in [0.1, 0.15) is 11.1 Å². The third kappa shape index (κ3) is 4.93. The molecule has 0 heterocycles. The fourth-order valence-corrected chi connectivity index (χ4v) is 2.65. The molecular formula is C24H16N4O2. The first-order chi connectivity index (χ1) is 14.6. The van der Waals surface area contributed by atoms with Crippen LogP contribution in [0, 0.1) is 45.3 Å². The van der Waals surface area contributed by atoms with E-state index in [4.69, 9.17) is 9.47 Å². The molecule has 2 rings (SSSR count). The van der Waals surface area contributed by atoms with Crippen LogP contribution >= 0.6 is 0 Å². The van der Waals surface area contributed by atoms with Crippen molar-refractivity contribution in [3.63, 3.8) is 0 Å². The van der Waals surface area contributed by atoms with Crippen molar-refractivity contribution in [3.8, 4) is 35.8 Å². The zero-order chi connectivity index (χ0) is 21.9. The topological polar surface area (TPSA) is 114 Å². The number of nitriles is 4. The van der Waals surface area contributed by atoms with Gasteiger partial charge >= 0.3 is 0 Å². The Morgan fingerprint density at radius 3 is 1.13 bits per heavy atom. The van der Waals surface area contributed by atoms with Gasteiger partial charge in [-0.05, 0) is 35.4 Å². The van der Waals surface area contributed by atoms with E-state index in [1.165, 1.54) is 0 Å². The van der Waals surface area contributed by atoms with Gasteiger partial charge in [-0.2, -0.15) is 21.0 Å². The molecule has 0 fully saturated rings. The molecule has 6 nitrogen and oxygen atoms in total. The van der Waals surface area contributed by atoms with Gasteiger partial charge in [0, 0.05) is 11.1 Å². The summed E-state index contributed by atoms with van der Waals surface area (Å²) in [7, 11) is 3.08. The minimum atomic E-state index is -0.0963. The molecule has 0 amide bonds. The molecule has 144 valence electrons. The molecule has 0 aliphatic carbocycles. The molecule has 0 atom stereocenters. The second kappa shape index (κ2) is 10.5. The minimum absolute atomic E-state index is 0.0963. The average Bonchev–Trinajstić information content (AvgIpc) is 2.81. The average molecular weight is 392 g/mol. The highest BCUT2D eigenvalue weighted by Crippen LogP contribution is 2.27. The minimum Gasteiger partial charge on any atom is -0.497 e. The maximum atomic E-state index is 9.38. The first-order valence-electron chi connectivity index (χ1n) is 8.67. The molecule has 0 aliphatic heterocycles. The highest BCUT2D eigenvalue weighted by atomic mass is 16.5. The third-order valence-electron chi connectivity index (χ3n) is 4.20. The number of rotatable bonds is 6. The maximum absolute atomic E-state index is 9.38. The van der Waals surface area contributed by atoms with Crippen molar-refractivity contribution in [2.24, 2.45) is 0 Å². The number of hydrogen-bond acceptors (Lipinski definition) is 6. The third-order valence-corrected chi connectivity index (χ3v) is 4.20. The van der Waals surface area contributed by atoms with Crippen LogP contribution in [-0.2, 0) is 0 Å². The maximum Gasteiger partial charge on any atom is 0.137 e. The Labute approximate surface area is 175 Å². The summed E-state index contributed by atoms with van der Waals surface area (Å²) < 4.78 is 10.3. The van der Waals surface area contributed by atoms with Crippen molar-refractivity contribution in [1.29, 1.82) is 21.0 Å². The van der Waals surface area contributed by atoms with Gasteiger partial charge in [-0.3, -0.25) is 0 Å². The van der Waals surface area contributed by atoms with Crippen molar-refractivity contribution in [3.05, 3.63) is 83.0 Å². The summed E-state index contributed by atoms with van der Waals surface area (Å²) in [5, 5.41) is 37.5. The fraction of sp³-hybridized carbons (Fsp3) is 0.0833. The number of methoxy groups -OCH3 is 2. The van der Waals surface area contributed by atoms with E-state index in [1.54, 1.807) is 74.9 Å². The van der Waals surface area contributed by atoms with Gasteiger partial charge in [0.2, 0.25) is 0 Å². The zero-order valence-corrected chi connectivity index (χ0v) is 16.4. The molecule has 0 unspecified atom stereocenters. The lowest BCUT2D eigenvalue weighted by Crippen LogP contribution is -1.91. The molecule has 0 radical (unpaired) electrons. The van der Waals surface area contributed by atoms with Crippen LogP contribution < -0.4 is 9.47 Å². The smallest absolute Gasteiger partial charge is 0.137 e. The largest absolute Gasteiger partial charge is 0.497 e. The zero-order valence-electron chi connectivity index (χ0n) is 16.4. The summed E-state index contributed by atoms with van der Waals surface area (Å²) in [6.45, 7) is 0. The number of nitrogens with zero attached hydrogens (tertiary/aromatic N) is 4. The van der Waals surface area contributed by atoms with Crippen LogP contribution in [0.2, 0.25) is 0 Å². The van der Waals surface area contributed by atoms with Gasteiger partial charge in [0.15, 0.2) is 0 Å².